The summed E-state index contributed by atoms with van der Waals surface area (Å²) < 4.78 is 61.3. The first-order chi connectivity index (χ1) is 9.23. The number of hydrogen-bond acceptors (Lipinski definition) is 3. The van der Waals surface area contributed by atoms with Gasteiger partial charge in [-0.15, -0.1) is 0 Å². The van der Waals surface area contributed by atoms with Crippen LogP contribution in [0.4, 0.5) is 13.2 Å². The van der Waals surface area contributed by atoms with Gasteiger partial charge in [0, 0.05) is 19.5 Å². The zero-order valence-electron chi connectivity index (χ0n) is 10.8. The molecule has 0 saturated carbocycles. The van der Waals surface area contributed by atoms with Crippen molar-refractivity contribution in [3.05, 3.63) is 35.4 Å². The van der Waals surface area contributed by atoms with Crippen LogP contribution in [0.5, 0.6) is 0 Å². The molecular formula is C12H17F3N2O2S. The summed E-state index contributed by atoms with van der Waals surface area (Å²) in [5.41, 5.74) is 7.03. The number of hydrogen-bond donors (Lipinski definition) is 2. The molecule has 8 heteroatoms. The Balaban J connectivity index is 2.51. The van der Waals surface area contributed by atoms with Crippen molar-refractivity contribution < 1.29 is 21.6 Å². The third kappa shape index (κ3) is 6.36. The summed E-state index contributed by atoms with van der Waals surface area (Å²) in [6.45, 7) is 0.299. The first-order valence-corrected chi connectivity index (χ1v) is 7.70. The van der Waals surface area contributed by atoms with Crippen LogP contribution < -0.4 is 10.5 Å². The van der Waals surface area contributed by atoms with Crippen molar-refractivity contribution in [2.45, 2.75) is 32.1 Å². The van der Waals surface area contributed by atoms with Crippen LogP contribution in [0.1, 0.15) is 24.0 Å². The van der Waals surface area contributed by atoms with Crippen molar-refractivity contribution in [2.75, 3.05) is 5.75 Å². The molecule has 114 valence electrons. The van der Waals surface area contributed by atoms with Gasteiger partial charge in [0.05, 0.1) is 5.75 Å². The van der Waals surface area contributed by atoms with E-state index in [0.29, 0.717) is 0 Å². The van der Waals surface area contributed by atoms with Gasteiger partial charge in [0.2, 0.25) is 10.0 Å². The molecule has 0 aliphatic rings. The molecule has 1 aromatic rings. The van der Waals surface area contributed by atoms with Crippen molar-refractivity contribution >= 4 is 10.0 Å². The second kappa shape index (κ2) is 7.05. The normalized spacial score (nSPS) is 12.6. The molecule has 0 heterocycles. The van der Waals surface area contributed by atoms with Gasteiger partial charge in [-0.25, -0.2) is 13.1 Å². The zero-order chi connectivity index (χ0) is 15.2. The van der Waals surface area contributed by atoms with Crippen LogP contribution in [0, 0.1) is 0 Å². The minimum atomic E-state index is -4.33. The van der Waals surface area contributed by atoms with Gasteiger partial charge in [-0.05, 0) is 17.5 Å². The van der Waals surface area contributed by atoms with Gasteiger partial charge in [-0.1, -0.05) is 24.3 Å². The minimum absolute atomic E-state index is 0.0295. The molecule has 1 aromatic carbocycles. The zero-order valence-corrected chi connectivity index (χ0v) is 11.6. The first-order valence-electron chi connectivity index (χ1n) is 6.04. The molecule has 0 aliphatic carbocycles. The van der Waals surface area contributed by atoms with E-state index in [4.69, 9.17) is 5.73 Å². The number of halogens is 3. The summed E-state index contributed by atoms with van der Waals surface area (Å²) in [6.07, 6.45) is -5.88. The number of sulfonamides is 1. The summed E-state index contributed by atoms with van der Waals surface area (Å²) in [4.78, 5) is 0. The van der Waals surface area contributed by atoms with E-state index >= 15 is 0 Å². The second-order valence-electron chi connectivity index (χ2n) is 4.33. The Morgan fingerprint density at radius 1 is 1.15 bits per heavy atom. The first kappa shape index (κ1) is 16.9. The molecule has 3 N–H and O–H groups in total. The van der Waals surface area contributed by atoms with Crippen molar-refractivity contribution in [1.82, 2.24) is 4.72 Å². The van der Waals surface area contributed by atoms with E-state index in [-0.39, 0.29) is 13.1 Å². The maximum absolute atomic E-state index is 12.0. The number of benzene rings is 1. The fourth-order valence-corrected chi connectivity index (χ4v) is 2.70. The summed E-state index contributed by atoms with van der Waals surface area (Å²) >= 11 is 0. The van der Waals surface area contributed by atoms with Gasteiger partial charge >= 0.3 is 6.18 Å². The van der Waals surface area contributed by atoms with Crippen LogP contribution in [0.15, 0.2) is 24.3 Å². The molecule has 0 atom stereocenters. The highest BCUT2D eigenvalue weighted by molar-refractivity contribution is 7.89. The fourth-order valence-electron chi connectivity index (χ4n) is 1.65. The highest BCUT2D eigenvalue weighted by Crippen LogP contribution is 2.21. The van der Waals surface area contributed by atoms with Gasteiger partial charge in [-0.2, -0.15) is 13.2 Å². The maximum atomic E-state index is 12.0. The van der Waals surface area contributed by atoms with E-state index in [9.17, 15) is 21.6 Å². The Hall–Kier alpha value is -1.12. The monoisotopic (exact) mass is 310 g/mol. The molecule has 0 bridgehead atoms. The number of rotatable bonds is 7. The Kier molecular flexibility index (Phi) is 5.97. The molecular weight excluding hydrogens is 293 g/mol. The predicted octanol–water partition coefficient (Wildman–Crippen LogP) is 1.91. The van der Waals surface area contributed by atoms with Gasteiger partial charge in [0.1, 0.15) is 0 Å². The summed E-state index contributed by atoms with van der Waals surface area (Å²) in [5.74, 6) is -0.544. The maximum Gasteiger partial charge on any atom is 0.389 e. The predicted molar refractivity (Wildman–Crippen MR) is 70.2 cm³/mol. The van der Waals surface area contributed by atoms with Crippen LogP contribution >= 0.6 is 0 Å². The van der Waals surface area contributed by atoms with E-state index in [1.807, 2.05) is 0 Å². The van der Waals surface area contributed by atoms with E-state index in [1.54, 1.807) is 24.3 Å². The third-order valence-electron chi connectivity index (χ3n) is 2.69. The van der Waals surface area contributed by atoms with E-state index in [2.05, 4.69) is 4.72 Å². The quantitative estimate of drug-likeness (QED) is 0.808. The molecule has 0 saturated heterocycles. The minimum Gasteiger partial charge on any atom is -0.326 e. The Morgan fingerprint density at radius 3 is 2.30 bits per heavy atom. The van der Waals surface area contributed by atoms with Gasteiger partial charge in [-0.3, -0.25) is 0 Å². The Labute approximate surface area is 116 Å². The molecule has 4 nitrogen and oxygen atoms in total. The lowest BCUT2D eigenvalue weighted by Crippen LogP contribution is -2.27. The highest BCUT2D eigenvalue weighted by atomic mass is 32.2. The molecule has 1 rings (SSSR count). The molecule has 0 spiro atoms. The summed E-state index contributed by atoms with van der Waals surface area (Å²) in [6, 6.07) is 7.02. The lowest BCUT2D eigenvalue weighted by atomic mass is 10.1. The lowest BCUT2D eigenvalue weighted by Gasteiger charge is -2.10. The lowest BCUT2D eigenvalue weighted by molar-refractivity contribution is -0.134. The van der Waals surface area contributed by atoms with Crippen molar-refractivity contribution in [1.29, 1.82) is 0 Å². The molecule has 0 aromatic heterocycles. The van der Waals surface area contributed by atoms with Gasteiger partial charge < -0.3 is 5.73 Å². The largest absolute Gasteiger partial charge is 0.389 e. The van der Waals surface area contributed by atoms with Crippen LogP contribution in [0.25, 0.3) is 0 Å². The molecule has 0 aliphatic heterocycles. The third-order valence-corrected chi connectivity index (χ3v) is 4.10. The smallest absolute Gasteiger partial charge is 0.326 e. The molecule has 0 amide bonds. The van der Waals surface area contributed by atoms with Crippen molar-refractivity contribution in [2.24, 2.45) is 5.73 Å². The van der Waals surface area contributed by atoms with Crippen molar-refractivity contribution in [3.63, 3.8) is 0 Å². The summed E-state index contributed by atoms with van der Waals surface area (Å²) in [7, 11) is -3.72. The summed E-state index contributed by atoms with van der Waals surface area (Å²) in [5, 5.41) is 0. The van der Waals surface area contributed by atoms with Crippen LogP contribution in [0.3, 0.4) is 0 Å². The van der Waals surface area contributed by atoms with E-state index < -0.39 is 34.8 Å². The second-order valence-corrected chi connectivity index (χ2v) is 6.26. The average Bonchev–Trinajstić information content (AvgIpc) is 2.35. The van der Waals surface area contributed by atoms with Crippen LogP contribution in [-0.4, -0.2) is 20.3 Å². The van der Waals surface area contributed by atoms with Gasteiger partial charge in [0.25, 0.3) is 0 Å². The number of nitrogens with one attached hydrogen (secondary N) is 1. The van der Waals surface area contributed by atoms with Crippen LogP contribution in [0.2, 0.25) is 0 Å². The number of nitrogens with two attached hydrogens (primary N) is 1. The number of alkyl halides is 3. The van der Waals surface area contributed by atoms with E-state index in [1.165, 1.54) is 0 Å². The average molecular weight is 310 g/mol. The molecule has 0 fully saturated rings. The van der Waals surface area contributed by atoms with Gasteiger partial charge in [0.15, 0.2) is 0 Å². The van der Waals surface area contributed by atoms with Crippen molar-refractivity contribution in [3.8, 4) is 0 Å². The molecule has 0 radical (unpaired) electrons. The topological polar surface area (TPSA) is 72.2 Å². The molecule has 20 heavy (non-hydrogen) atoms. The fraction of sp³-hybridized carbons (Fsp3) is 0.500. The van der Waals surface area contributed by atoms with Crippen LogP contribution in [-0.2, 0) is 23.1 Å². The highest BCUT2D eigenvalue weighted by Gasteiger charge is 2.27. The van der Waals surface area contributed by atoms with E-state index in [0.717, 1.165) is 11.1 Å². The Morgan fingerprint density at radius 2 is 1.75 bits per heavy atom. The Bertz CT molecular complexity index is 530. The standard InChI is InChI=1S/C12H17F3N2O2S/c13-12(14,15)6-3-7-20(18,19)17-9-11-5-2-1-4-10(11)8-16/h1-2,4-5,17H,3,6-9,16H2. The SMILES string of the molecule is NCc1ccccc1CNS(=O)(=O)CCCC(F)(F)F. The molecule has 0 unspecified atom stereocenters.